The molecule has 1 amide bonds. The fraction of sp³-hybridized carbons (Fsp3) is 0.321. The molecule has 1 N–H and O–H groups in total. The molecule has 0 radical (unpaired) electrons. The molecule has 3 aromatic rings. The Hall–Kier alpha value is -2.75. The van der Waals surface area contributed by atoms with E-state index in [0.29, 0.717) is 17.1 Å². The van der Waals surface area contributed by atoms with Gasteiger partial charge < -0.3 is 10.1 Å². The Balaban J connectivity index is 1.69. The SMILES string of the molecule is CCNC(=O)[C@@H](c1ccccc1)N(Cc1ccc(CN2CCOCC2)cc1)S(=O)(=O)c1ccc(Cl)cc1. The van der Waals surface area contributed by atoms with Crippen molar-refractivity contribution in [3.63, 3.8) is 0 Å². The number of sulfonamides is 1. The lowest BCUT2D eigenvalue weighted by Crippen LogP contribution is -2.43. The minimum atomic E-state index is -4.07. The van der Waals surface area contributed by atoms with Gasteiger partial charge in [-0.2, -0.15) is 4.31 Å². The summed E-state index contributed by atoms with van der Waals surface area (Å²) in [5.41, 5.74) is 2.52. The summed E-state index contributed by atoms with van der Waals surface area (Å²) in [5, 5.41) is 3.25. The lowest BCUT2D eigenvalue weighted by atomic mass is 10.0. The topological polar surface area (TPSA) is 79.0 Å². The molecule has 196 valence electrons. The van der Waals surface area contributed by atoms with Crippen LogP contribution in [0.3, 0.4) is 0 Å². The second-order valence-electron chi connectivity index (χ2n) is 8.92. The van der Waals surface area contributed by atoms with Crippen molar-refractivity contribution in [2.24, 2.45) is 0 Å². The second-order valence-corrected chi connectivity index (χ2v) is 11.2. The van der Waals surface area contributed by atoms with E-state index < -0.39 is 16.1 Å². The van der Waals surface area contributed by atoms with E-state index in [9.17, 15) is 13.2 Å². The number of halogens is 1. The van der Waals surface area contributed by atoms with E-state index in [-0.39, 0.29) is 17.3 Å². The molecule has 0 aliphatic carbocycles. The number of nitrogens with zero attached hydrogens (tertiary/aromatic N) is 2. The highest BCUT2D eigenvalue weighted by Crippen LogP contribution is 2.31. The van der Waals surface area contributed by atoms with E-state index in [1.807, 2.05) is 37.3 Å². The zero-order chi connectivity index (χ0) is 26.3. The van der Waals surface area contributed by atoms with E-state index in [0.717, 1.165) is 44.0 Å². The van der Waals surface area contributed by atoms with Crippen molar-refractivity contribution in [2.45, 2.75) is 31.0 Å². The number of morpholine rings is 1. The number of likely N-dealkylation sites (N-methyl/N-ethyl adjacent to an activating group) is 1. The summed E-state index contributed by atoms with van der Waals surface area (Å²) >= 11 is 6.02. The number of carbonyl (C=O) groups is 1. The minimum absolute atomic E-state index is 0.0273. The number of benzene rings is 3. The molecule has 4 rings (SSSR count). The number of carbonyl (C=O) groups excluding carboxylic acids is 1. The average Bonchev–Trinajstić information content (AvgIpc) is 2.91. The molecule has 1 aliphatic heterocycles. The summed E-state index contributed by atoms with van der Waals surface area (Å²) in [6, 6.07) is 21.8. The van der Waals surface area contributed by atoms with Crippen LogP contribution in [0.25, 0.3) is 0 Å². The Labute approximate surface area is 224 Å². The van der Waals surface area contributed by atoms with Crippen LogP contribution in [0.4, 0.5) is 0 Å². The van der Waals surface area contributed by atoms with E-state index in [4.69, 9.17) is 16.3 Å². The highest BCUT2D eigenvalue weighted by molar-refractivity contribution is 7.89. The molecule has 0 unspecified atom stereocenters. The zero-order valence-corrected chi connectivity index (χ0v) is 22.4. The Morgan fingerprint density at radius 2 is 1.59 bits per heavy atom. The normalized spacial score (nSPS) is 15.4. The molecule has 1 atom stereocenters. The first-order valence-electron chi connectivity index (χ1n) is 12.4. The first-order chi connectivity index (χ1) is 17.9. The van der Waals surface area contributed by atoms with Crippen molar-refractivity contribution in [1.82, 2.24) is 14.5 Å². The summed E-state index contributed by atoms with van der Waals surface area (Å²) in [7, 11) is -4.07. The van der Waals surface area contributed by atoms with Crippen LogP contribution in [0.1, 0.15) is 29.7 Å². The third kappa shape index (κ3) is 6.97. The molecular formula is C28H32ClN3O4S. The van der Waals surface area contributed by atoms with Crippen molar-refractivity contribution < 1.29 is 17.9 Å². The number of nitrogens with one attached hydrogen (secondary N) is 1. The minimum Gasteiger partial charge on any atom is -0.379 e. The predicted molar refractivity (Wildman–Crippen MR) is 145 cm³/mol. The maximum absolute atomic E-state index is 14.0. The summed E-state index contributed by atoms with van der Waals surface area (Å²) in [5.74, 6) is -0.379. The molecule has 9 heteroatoms. The van der Waals surface area contributed by atoms with Crippen LogP contribution in [0.2, 0.25) is 5.02 Å². The molecular weight excluding hydrogens is 510 g/mol. The molecule has 1 fully saturated rings. The molecule has 1 saturated heterocycles. The molecule has 0 aromatic heterocycles. The van der Waals surface area contributed by atoms with Crippen LogP contribution in [-0.2, 0) is 32.6 Å². The first-order valence-corrected chi connectivity index (χ1v) is 14.2. The molecule has 3 aromatic carbocycles. The fourth-order valence-corrected chi connectivity index (χ4v) is 6.05. The molecule has 37 heavy (non-hydrogen) atoms. The first kappa shape index (κ1) is 27.3. The average molecular weight is 542 g/mol. The second kappa shape index (κ2) is 12.7. The quantitative estimate of drug-likeness (QED) is 0.415. The van der Waals surface area contributed by atoms with Crippen LogP contribution in [0.15, 0.2) is 83.8 Å². The van der Waals surface area contributed by atoms with Crippen LogP contribution in [-0.4, -0.2) is 56.4 Å². The molecule has 0 bridgehead atoms. The Morgan fingerprint density at radius 1 is 0.973 bits per heavy atom. The van der Waals surface area contributed by atoms with Crippen LogP contribution in [0.5, 0.6) is 0 Å². The summed E-state index contributed by atoms with van der Waals surface area (Å²) < 4.78 is 34.7. The largest absolute Gasteiger partial charge is 0.379 e. The van der Waals surface area contributed by atoms with Crippen LogP contribution < -0.4 is 5.32 Å². The van der Waals surface area contributed by atoms with Crippen molar-refractivity contribution >= 4 is 27.5 Å². The van der Waals surface area contributed by atoms with Crippen molar-refractivity contribution in [3.05, 3.63) is 101 Å². The van der Waals surface area contributed by atoms with E-state index in [1.165, 1.54) is 28.6 Å². The van der Waals surface area contributed by atoms with Gasteiger partial charge in [0.2, 0.25) is 15.9 Å². The Bertz CT molecular complexity index is 1260. The van der Waals surface area contributed by atoms with Crippen molar-refractivity contribution in [3.8, 4) is 0 Å². The third-order valence-corrected chi connectivity index (χ3v) is 8.37. The van der Waals surface area contributed by atoms with Gasteiger partial charge in [-0.15, -0.1) is 0 Å². The van der Waals surface area contributed by atoms with Gasteiger partial charge in [-0.1, -0.05) is 66.2 Å². The molecule has 7 nitrogen and oxygen atoms in total. The maximum atomic E-state index is 14.0. The Morgan fingerprint density at radius 3 is 2.22 bits per heavy atom. The number of hydrogen-bond acceptors (Lipinski definition) is 5. The smallest absolute Gasteiger partial charge is 0.244 e. The van der Waals surface area contributed by atoms with Gasteiger partial charge in [0.15, 0.2) is 0 Å². The predicted octanol–water partition coefficient (Wildman–Crippen LogP) is 4.24. The maximum Gasteiger partial charge on any atom is 0.244 e. The van der Waals surface area contributed by atoms with Crippen LogP contribution >= 0.6 is 11.6 Å². The lowest BCUT2D eigenvalue weighted by molar-refractivity contribution is -0.125. The summed E-state index contributed by atoms with van der Waals surface area (Å²) in [6.45, 7) is 6.27. The highest BCUT2D eigenvalue weighted by Gasteiger charge is 2.37. The summed E-state index contributed by atoms with van der Waals surface area (Å²) in [6.07, 6.45) is 0. The van der Waals surface area contributed by atoms with Gasteiger partial charge in [-0.05, 0) is 47.9 Å². The van der Waals surface area contributed by atoms with Crippen molar-refractivity contribution in [2.75, 3.05) is 32.8 Å². The molecule has 0 spiro atoms. The number of rotatable bonds is 10. The number of ether oxygens (including phenoxy) is 1. The van der Waals surface area contributed by atoms with Gasteiger partial charge in [-0.3, -0.25) is 9.69 Å². The van der Waals surface area contributed by atoms with Gasteiger partial charge in [-0.25, -0.2) is 8.42 Å². The number of hydrogen-bond donors (Lipinski definition) is 1. The molecule has 1 heterocycles. The van der Waals surface area contributed by atoms with Gasteiger partial charge in [0.25, 0.3) is 0 Å². The van der Waals surface area contributed by atoms with Gasteiger partial charge in [0.05, 0.1) is 18.1 Å². The van der Waals surface area contributed by atoms with Gasteiger partial charge >= 0.3 is 0 Å². The molecule has 1 aliphatic rings. The fourth-order valence-electron chi connectivity index (χ4n) is 4.36. The lowest BCUT2D eigenvalue weighted by Gasteiger charge is -2.31. The molecule has 0 saturated carbocycles. The van der Waals surface area contributed by atoms with Crippen molar-refractivity contribution in [1.29, 1.82) is 0 Å². The van der Waals surface area contributed by atoms with Crippen LogP contribution in [0, 0.1) is 0 Å². The number of amides is 1. The highest BCUT2D eigenvalue weighted by atomic mass is 35.5. The third-order valence-electron chi connectivity index (χ3n) is 6.29. The van der Waals surface area contributed by atoms with E-state index >= 15 is 0 Å². The zero-order valence-electron chi connectivity index (χ0n) is 20.8. The van der Waals surface area contributed by atoms with E-state index in [2.05, 4.69) is 10.2 Å². The van der Waals surface area contributed by atoms with Gasteiger partial charge in [0, 0.05) is 37.7 Å². The standard InChI is InChI=1S/C28H32ClN3O4S/c1-2-30-28(33)27(24-6-4-3-5-7-24)32(37(34,35)26-14-12-25(29)13-15-26)21-23-10-8-22(9-11-23)20-31-16-18-36-19-17-31/h3-15,27H,2,16-21H2,1H3,(H,30,33)/t27-/m1/s1. The summed E-state index contributed by atoms with van der Waals surface area (Å²) in [4.78, 5) is 15.7. The van der Waals surface area contributed by atoms with E-state index in [1.54, 1.807) is 24.3 Å². The monoisotopic (exact) mass is 541 g/mol. The Kier molecular flexibility index (Phi) is 9.34. The van der Waals surface area contributed by atoms with Gasteiger partial charge in [0.1, 0.15) is 6.04 Å².